The van der Waals surface area contributed by atoms with Gasteiger partial charge in [0, 0.05) is 16.3 Å². The summed E-state index contributed by atoms with van der Waals surface area (Å²) in [5.41, 5.74) is 1.00. The van der Waals surface area contributed by atoms with E-state index in [0.717, 1.165) is 0 Å². The van der Waals surface area contributed by atoms with Gasteiger partial charge in [0.2, 0.25) is 26.6 Å². The average molecular weight is 473 g/mol. The van der Waals surface area contributed by atoms with Crippen molar-refractivity contribution in [2.45, 2.75) is 16.8 Å². The number of oxazole rings is 1. The molecule has 0 aliphatic heterocycles. The molecule has 32 heavy (non-hydrogen) atoms. The van der Waals surface area contributed by atoms with Crippen molar-refractivity contribution in [3.63, 3.8) is 0 Å². The first-order valence-electron chi connectivity index (χ1n) is 9.64. The number of rotatable bonds is 7. The third-order valence-electron chi connectivity index (χ3n) is 4.49. The molecule has 164 valence electrons. The van der Waals surface area contributed by atoms with E-state index in [4.69, 9.17) is 20.8 Å². The number of ether oxygens (including phenoxy) is 1. The standard InChI is InChI=1S/C23H18ClFN2O4S/c1-2-30-19-11-3-15(4-12-19)21-27-23(32(28,29)20-13-5-16(24)6-14-20)22(31-21)26-18-9-7-17(25)8-10-18/h3-14,26H,2H2,1H3. The van der Waals surface area contributed by atoms with Gasteiger partial charge in [0.1, 0.15) is 11.6 Å². The fraction of sp³-hybridized carbons (Fsp3) is 0.0870. The number of aromatic nitrogens is 1. The highest BCUT2D eigenvalue weighted by Gasteiger charge is 2.29. The molecule has 3 aromatic carbocycles. The predicted octanol–water partition coefficient (Wildman–Crippen LogP) is 6.11. The molecular weight excluding hydrogens is 455 g/mol. The largest absolute Gasteiger partial charge is 0.494 e. The number of hydrogen-bond acceptors (Lipinski definition) is 6. The third kappa shape index (κ3) is 4.61. The van der Waals surface area contributed by atoms with Crippen molar-refractivity contribution in [2.24, 2.45) is 0 Å². The lowest BCUT2D eigenvalue weighted by Crippen LogP contribution is -2.05. The van der Waals surface area contributed by atoms with Crippen molar-refractivity contribution in [1.29, 1.82) is 0 Å². The first-order chi connectivity index (χ1) is 15.4. The van der Waals surface area contributed by atoms with Crippen molar-refractivity contribution >= 4 is 33.0 Å². The number of anilines is 2. The normalized spacial score (nSPS) is 11.3. The Morgan fingerprint density at radius 1 is 1.00 bits per heavy atom. The SMILES string of the molecule is CCOc1ccc(-c2nc(S(=O)(=O)c3ccc(Cl)cc3)c(Nc3ccc(F)cc3)o2)cc1. The highest BCUT2D eigenvalue weighted by molar-refractivity contribution is 7.91. The van der Waals surface area contributed by atoms with Gasteiger partial charge in [-0.1, -0.05) is 11.6 Å². The molecule has 4 aromatic rings. The first kappa shape index (κ1) is 21.9. The molecule has 9 heteroatoms. The molecule has 0 bridgehead atoms. The van der Waals surface area contributed by atoms with Gasteiger partial charge in [0.05, 0.1) is 11.5 Å². The highest BCUT2D eigenvalue weighted by Crippen LogP contribution is 2.35. The Morgan fingerprint density at radius 2 is 1.66 bits per heavy atom. The fourth-order valence-electron chi connectivity index (χ4n) is 2.94. The van der Waals surface area contributed by atoms with E-state index in [1.165, 1.54) is 48.5 Å². The minimum absolute atomic E-state index is 0.00981. The van der Waals surface area contributed by atoms with Crippen LogP contribution in [0.3, 0.4) is 0 Å². The Hall–Kier alpha value is -3.36. The summed E-state index contributed by atoms with van der Waals surface area (Å²) in [4.78, 5) is 4.29. The molecule has 0 aliphatic rings. The van der Waals surface area contributed by atoms with E-state index in [1.807, 2.05) is 6.92 Å². The quantitative estimate of drug-likeness (QED) is 0.349. The molecule has 0 aliphatic carbocycles. The second-order valence-corrected chi connectivity index (χ2v) is 9.00. The number of hydrogen-bond donors (Lipinski definition) is 1. The van der Waals surface area contributed by atoms with Gasteiger partial charge in [0.25, 0.3) is 0 Å². The summed E-state index contributed by atoms with van der Waals surface area (Å²) in [6.07, 6.45) is 0. The number of sulfone groups is 1. The van der Waals surface area contributed by atoms with E-state index in [1.54, 1.807) is 24.3 Å². The molecule has 1 N–H and O–H groups in total. The van der Waals surface area contributed by atoms with Crippen molar-refractivity contribution in [3.05, 3.63) is 83.6 Å². The van der Waals surface area contributed by atoms with Crippen molar-refractivity contribution in [1.82, 2.24) is 4.98 Å². The molecular formula is C23H18ClFN2O4S. The monoisotopic (exact) mass is 472 g/mol. The molecule has 0 atom stereocenters. The molecule has 0 amide bonds. The summed E-state index contributed by atoms with van der Waals surface area (Å²) >= 11 is 5.90. The molecule has 0 unspecified atom stereocenters. The molecule has 0 spiro atoms. The Labute approximate surface area is 189 Å². The van der Waals surface area contributed by atoms with Crippen LogP contribution >= 0.6 is 11.6 Å². The van der Waals surface area contributed by atoms with Gasteiger partial charge in [-0.15, -0.1) is 0 Å². The molecule has 4 rings (SSSR count). The summed E-state index contributed by atoms with van der Waals surface area (Å²) in [5.74, 6) is 0.263. The van der Waals surface area contributed by atoms with Crippen LogP contribution in [-0.2, 0) is 9.84 Å². The van der Waals surface area contributed by atoms with Gasteiger partial charge >= 0.3 is 0 Å². The van der Waals surface area contributed by atoms with Crippen LogP contribution in [0.2, 0.25) is 5.02 Å². The molecule has 0 saturated heterocycles. The Balaban J connectivity index is 1.79. The summed E-state index contributed by atoms with van der Waals surface area (Å²) in [6, 6.07) is 18.1. The molecule has 1 aromatic heterocycles. The zero-order valence-electron chi connectivity index (χ0n) is 16.9. The summed E-state index contributed by atoms with van der Waals surface area (Å²) in [6.45, 7) is 2.40. The minimum atomic E-state index is -4.04. The molecule has 6 nitrogen and oxygen atoms in total. The number of nitrogens with zero attached hydrogens (tertiary/aromatic N) is 1. The van der Waals surface area contributed by atoms with Crippen LogP contribution < -0.4 is 10.1 Å². The maximum Gasteiger partial charge on any atom is 0.238 e. The summed E-state index contributed by atoms with van der Waals surface area (Å²) in [7, 11) is -4.04. The third-order valence-corrected chi connectivity index (χ3v) is 6.42. The zero-order valence-corrected chi connectivity index (χ0v) is 18.5. The Bertz CT molecular complexity index is 1320. The van der Waals surface area contributed by atoms with Crippen LogP contribution in [0.1, 0.15) is 6.92 Å². The first-order valence-corrected chi connectivity index (χ1v) is 11.5. The van der Waals surface area contributed by atoms with Crippen LogP contribution in [0, 0.1) is 5.82 Å². The van der Waals surface area contributed by atoms with E-state index in [-0.39, 0.29) is 21.7 Å². The second-order valence-electron chi connectivity index (χ2n) is 6.70. The van der Waals surface area contributed by atoms with Gasteiger partial charge in [0.15, 0.2) is 0 Å². The van der Waals surface area contributed by atoms with Crippen LogP contribution in [0.25, 0.3) is 11.5 Å². The predicted molar refractivity (Wildman–Crippen MR) is 120 cm³/mol. The average Bonchev–Trinajstić information content (AvgIpc) is 3.21. The van der Waals surface area contributed by atoms with Crippen molar-refractivity contribution in [3.8, 4) is 17.2 Å². The maximum atomic E-state index is 13.3. The van der Waals surface area contributed by atoms with Crippen LogP contribution in [0.15, 0.2) is 87.1 Å². The van der Waals surface area contributed by atoms with Gasteiger partial charge in [-0.3, -0.25) is 0 Å². The van der Waals surface area contributed by atoms with Gasteiger partial charge < -0.3 is 14.5 Å². The highest BCUT2D eigenvalue weighted by atomic mass is 35.5. The van der Waals surface area contributed by atoms with Gasteiger partial charge in [-0.05, 0) is 79.7 Å². The smallest absolute Gasteiger partial charge is 0.238 e. The van der Waals surface area contributed by atoms with Gasteiger partial charge in [-0.25, -0.2) is 12.8 Å². The lowest BCUT2D eigenvalue weighted by Gasteiger charge is -2.06. The second kappa shape index (κ2) is 9.02. The molecule has 0 radical (unpaired) electrons. The molecule has 1 heterocycles. The van der Waals surface area contributed by atoms with E-state index < -0.39 is 15.7 Å². The van der Waals surface area contributed by atoms with E-state index in [9.17, 15) is 12.8 Å². The summed E-state index contributed by atoms with van der Waals surface area (Å²) in [5, 5.41) is 2.99. The lowest BCUT2D eigenvalue weighted by molar-refractivity contribution is 0.340. The Kier molecular flexibility index (Phi) is 6.16. The van der Waals surface area contributed by atoms with E-state index in [2.05, 4.69) is 10.3 Å². The van der Waals surface area contributed by atoms with Crippen LogP contribution in [0.4, 0.5) is 16.0 Å². The van der Waals surface area contributed by atoms with Crippen molar-refractivity contribution < 1.29 is 22.0 Å². The molecule has 0 saturated carbocycles. The Morgan fingerprint density at radius 3 is 2.28 bits per heavy atom. The minimum Gasteiger partial charge on any atom is -0.494 e. The van der Waals surface area contributed by atoms with E-state index in [0.29, 0.717) is 28.6 Å². The number of halogens is 2. The number of benzene rings is 3. The van der Waals surface area contributed by atoms with Crippen LogP contribution in [-0.4, -0.2) is 20.0 Å². The zero-order chi connectivity index (χ0) is 22.7. The maximum absolute atomic E-state index is 13.3. The van der Waals surface area contributed by atoms with E-state index >= 15 is 0 Å². The fourth-order valence-corrected chi connectivity index (χ4v) is 4.32. The summed E-state index contributed by atoms with van der Waals surface area (Å²) < 4.78 is 51.1. The topological polar surface area (TPSA) is 81.4 Å². The van der Waals surface area contributed by atoms with Gasteiger partial charge in [-0.2, -0.15) is 4.98 Å². The van der Waals surface area contributed by atoms with Crippen molar-refractivity contribution in [2.75, 3.05) is 11.9 Å². The lowest BCUT2D eigenvalue weighted by atomic mass is 10.2. The number of nitrogens with one attached hydrogen (secondary N) is 1. The van der Waals surface area contributed by atoms with Crippen LogP contribution in [0.5, 0.6) is 5.75 Å². The molecule has 0 fully saturated rings.